The van der Waals surface area contributed by atoms with Gasteiger partial charge in [0.25, 0.3) is 0 Å². The highest BCUT2D eigenvalue weighted by molar-refractivity contribution is 7.15. The van der Waals surface area contributed by atoms with Gasteiger partial charge in [0.1, 0.15) is 17.4 Å². The van der Waals surface area contributed by atoms with Crippen molar-refractivity contribution in [2.75, 3.05) is 5.32 Å². The molecule has 8 heteroatoms. The Hall–Kier alpha value is -2.58. The van der Waals surface area contributed by atoms with Crippen molar-refractivity contribution in [2.45, 2.75) is 26.9 Å². The van der Waals surface area contributed by atoms with Crippen LogP contribution in [0, 0.1) is 6.92 Å². The summed E-state index contributed by atoms with van der Waals surface area (Å²) in [7, 11) is 0. The number of amides is 1. The number of nitrogens with zero attached hydrogens (tertiary/aromatic N) is 3. The second-order valence-electron chi connectivity index (χ2n) is 5.36. The van der Waals surface area contributed by atoms with Gasteiger partial charge in [-0.05, 0) is 25.5 Å². The Balaban J connectivity index is 1.63. The van der Waals surface area contributed by atoms with Crippen molar-refractivity contribution < 1.29 is 9.53 Å². The van der Waals surface area contributed by atoms with Gasteiger partial charge >= 0.3 is 0 Å². The fraction of sp³-hybridized carbons (Fsp3) is 0.222. The zero-order valence-corrected chi connectivity index (χ0v) is 16.1. The van der Waals surface area contributed by atoms with Gasteiger partial charge in [0.15, 0.2) is 0 Å². The van der Waals surface area contributed by atoms with Gasteiger partial charge < -0.3 is 4.74 Å². The van der Waals surface area contributed by atoms with Gasteiger partial charge in [0.2, 0.25) is 11.0 Å². The Morgan fingerprint density at radius 3 is 2.88 bits per heavy atom. The Bertz CT molecular complexity index is 917. The molecular weight excluding hydrogens is 368 g/mol. The number of aromatic nitrogens is 3. The Morgan fingerprint density at radius 1 is 1.31 bits per heavy atom. The monoisotopic (exact) mass is 386 g/mol. The van der Waals surface area contributed by atoms with Crippen LogP contribution in [0.5, 0.6) is 5.75 Å². The molecule has 134 valence electrons. The van der Waals surface area contributed by atoms with E-state index in [0.29, 0.717) is 17.5 Å². The van der Waals surface area contributed by atoms with E-state index in [0.717, 1.165) is 27.7 Å². The normalized spacial score (nSPS) is 11.0. The number of hydrogen-bond acceptors (Lipinski definition) is 7. The number of carbonyl (C=O) groups excluding carboxylic acids is 1. The highest BCUT2D eigenvalue weighted by Gasteiger charge is 2.06. The molecule has 1 amide bonds. The van der Waals surface area contributed by atoms with Crippen molar-refractivity contribution in [1.29, 1.82) is 0 Å². The molecule has 3 aromatic rings. The van der Waals surface area contributed by atoms with Crippen LogP contribution in [0.1, 0.15) is 28.2 Å². The summed E-state index contributed by atoms with van der Waals surface area (Å²) in [6, 6.07) is 7.56. The van der Waals surface area contributed by atoms with Crippen molar-refractivity contribution in [3.8, 4) is 5.75 Å². The molecule has 0 aliphatic carbocycles. The summed E-state index contributed by atoms with van der Waals surface area (Å²) in [5.74, 6) is 0.445. The number of benzene rings is 1. The molecule has 0 unspecified atom stereocenters. The van der Waals surface area contributed by atoms with Gasteiger partial charge in [-0.25, -0.2) is 4.98 Å². The average Bonchev–Trinajstić information content (AvgIpc) is 3.27. The SMILES string of the molecule is CCc1nnc(NC(=O)/C=C/c2ccccc2OCc2csc(C)n2)s1. The fourth-order valence-corrected chi connectivity index (χ4v) is 3.42. The van der Waals surface area contributed by atoms with Gasteiger partial charge in [-0.2, -0.15) is 0 Å². The third kappa shape index (κ3) is 4.96. The number of ether oxygens (including phenoxy) is 1. The number of thiazole rings is 1. The lowest BCUT2D eigenvalue weighted by atomic mass is 10.2. The molecule has 0 saturated carbocycles. The predicted molar refractivity (Wildman–Crippen MR) is 105 cm³/mol. The van der Waals surface area contributed by atoms with Crippen LogP contribution in [-0.4, -0.2) is 21.1 Å². The molecule has 0 fully saturated rings. The fourth-order valence-electron chi connectivity index (χ4n) is 2.14. The van der Waals surface area contributed by atoms with E-state index in [4.69, 9.17) is 4.74 Å². The molecule has 3 rings (SSSR count). The van der Waals surface area contributed by atoms with Crippen LogP contribution in [0.3, 0.4) is 0 Å². The molecule has 1 N–H and O–H groups in total. The van der Waals surface area contributed by atoms with Crippen LogP contribution in [0.15, 0.2) is 35.7 Å². The summed E-state index contributed by atoms with van der Waals surface area (Å²) in [6.07, 6.45) is 3.98. The van der Waals surface area contributed by atoms with E-state index in [2.05, 4.69) is 20.5 Å². The van der Waals surface area contributed by atoms with E-state index >= 15 is 0 Å². The highest BCUT2D eigenvalue weighted by Crippen LogP contribution is 2.21. The number of nitrogens with one attached hydrogen (secondary N) is 1. The van der Waals surface area contributed by atoms with E-state index in [1.807, 2.05) is 43.5 Å². The van der Waals surface area contributed by atoms with E-state index in [1.165, 1.54) is 17.4 Å². The maximum absolute atomic E-state index is 12.1. The minimum Gasteiger partial charge on any atom is -0.487 e. The second kappa shape index (κ2) is 8.68. The lowest BCUT2D eigenvalue weighted by molar-refractivity contribution is -0.111. The lowest BCUT2D eigenvalue weighted by Gasteiger charge is -2.07. The summed E-state index contributed by atoms with van der Waals surface area (Å²) >= 11 is 2.97. The zero-order valence-electron chi connectivity index (χ0n) is 14.4. The standard InChI is InChI=1S/C18H18N4O2S2/c1-3-17-21-22-18(26-17)20-16(23)9-8-13-6-4-5-7-15(13)24-10-14-11-25-12(2)19-14/h4-9,11H,3,10H2,1-2H3,(H,20,22,23)/b9-8+. The van der Waals surface area contributed by atoms with Crippen LogP contribution in [0.25, 0.3) is 6.08 Å². The zero-order chi connectivity index (χ0) is 18.4. The van der Waals surface area contributed by atoms with Crippen molar-refractivity contribution in [1.82, 2.24) is 15.2 Å². The maximum Gasteiger partial charge on any atom is 0.250 e. The van der Waals surface area contributed by atoms with Crippen LogP contribution >= 0.6 is 22.7 Å². The van der Waals surface area contributed by atoms with Gasteiger partial charge in [-0.1, -0.05) is 36.5 Å². The molecule has 0 aliphatic heterocycles. The maximum atomic E-state index is 12.1. The Kier molecular flexibility index (Phi) is 6.08. The van der Waals surface area contributed by atoms with Crippen LogP contribution in [0.2, 0.25) is 0 Å². The van der Waals surface area contributed by atoms with Crippen molar-refractivity contribution >= 4 is 39.8 Å². The highest BCUT2D eigenvalue weighted by atomic mass is 32.1. The quantitative estimate of drug-likeness (QED) is 0.619. The van der Waals surface area contributed by atoms with Crippen LogP contribution in [0.4, 0.5) is 5.13 Å². The predicted octanol–water partition coefficient (Wildman–Crippen LogP) is 4.10. The molecule has 2 aromatic heterocycles. The lowest BCUT2D eigenvalue weighted by Crippen LogP contribution is -2.07. The first-order chi connectivity index (χ1) is 12.6. The first-order valence-corrected chi connectivity index (χ1v) is 9.78. The molecule has 1 aromatic carbocycles. The second-order valence-corrected chi connectivity index (χ2v) is 7.49. The molecule has 0 radical (unpaired) electrons. The molecule has 2 heterocycles. The number of rotatable bonds is 7. The first kappa shape index (κ1) is 18.2. The van der Waals surface area contributed by atoms with Crippen molar-refractivity contribution in [3.05, 3.63) is 57.0 Å². The van der Waals surface area contributed by atoms with Crippen molar-refractivity contribution in [3.63, 3.8) is 0 Å². The van der Waals surface area contributed by atoms with Gasteiger partial charge in [0.05, 0.1) is 10.7 Å². The average molecular weight is 387 g/mol. The molecule has 0 aliphatic rings. The van der Waals surface area contributed by atoms with E-state index in [-0.39, 0.29) is 5.91 Å². The molecule has 0 atom stereocenters. The summed E-state index contributed by atoms with van der Waals surface area (Å²) in [5, 5.41) is 15.0. The smallest absolute Gasteiger partial charge is 0.250 e. The molecule has 0 spiro atoms. The van der Waals surface area contributed by atoms with Gasteiger partial charge in [-0.3, -0.25) is 10.1 Å². The third-order valence-corrected chi connectivity index (χ3v) is 5.18. The summed E-state index contributed by atoms with van der Waals surface area (Å²) in [5.41, 5.74) is 1.72. The van der Waals surface area contributed by atoms with Crippen molar-refractivity contribution in [2.24, 2.45) is 0 Å². The van der Waals surface area contributed by atoms with Gasteiger partial charge in [0, 0.05) is 17.0 Å². The molecule has 26 heavy (non-hydrogen) atoms. The van der Waals surface area contributed by atoms with Crippen LogP contribution in [-0.2, 0) is 17.8 Å². The minimum absolute atomic E-state index is 0.256. The minimum atomic E-state index is -0.256. The van der Waals surface area contributed by atoms with E-state index < -0.39 is 0 Å². The molecule has 6 nitrogen and oxygen atoms in total. The van der Waals surface area contributed by atoms with Gasteiger partial charge in [-0.15, -0.1) is 21.5 Å². The van der Waals surface area contributed by atoms with Crippen LogP contribution < -0.4 is 10.1 Å². The molecule has 0 saturated heterocycles. The topological polar surface area (TPSA) is 77.0 Å². The number of hydrogen-bond donors (Lipinski definition) is 1. The van der Waals surface area contributed by atoms with E-state index in [9.17, 15) is 4.79 Å². The van der Waals surface area contributed by atoms with E-state index in [1.54, 1.807) is 17.4 Å². The third-order valence-electron chi connectivity index (χ3n) is 3.37. The number of para-hydroxylation sites is 1. The molecule has 0 bridgehead atoms. The number of anilines is 1. The number of carbonyl (C=O) groups is 1. The summed E-state index contributed by atoms with van der Waals surface area (Å²) < 4.78 is 5.85. The summed E-state index contributed by atoms with van der Waals surface area (Å²) in [4.78, 5) is 16.5. The molecular formula is C18H18N4O2S2. The largest absolute Gasteiger partial charge is 0.487 e. The Morgan fingerprint density at radius 2 is 2.15 bits per heavy atom. The first-order valence-electron chi connectivity index (χ1n) is 8.08. The number of aryl methyl sites for hydroxylation is 2. The summed E-state index contributed by atoms with van der Waals surface area (Å²) in [6.45, 7) is 4.35. The Labute approximate surface area is 159 Å².